The normalized spacial score (nSPS) is 16.6. The molecule has 0 aliphatic carbocycles. The molecule has 0 radical (unpaired) electrons. The second kappa shape index (κ2) is 10.9. The van der Waals surface area contributed by atoms with Crippen LogP contribution in [-0.4, -0.2) is 66.3 Å². The number of piperazine rings is 1. The van der Waals surface area contributed by atoms with Gasteiger partial charge in [-0.05, 0) is 62.1 Å². The second-order valence-corrected chi connectivity index (χ2v) is 10.5. The number of para-hydroxylation sites is 1. The Morgan fingerprint density at radius 1 is 0.974 bits per heavy atom. The van der Waals surface area contributed by atoms with Crippen molar-refractivity contribution in [3.05, 3.63) is 75.1 Å². The number of aryl methyl sites for hydroxylation is 2. The Labute approximate surface area is 227 Å². The minimum absolute atomic E-state index is 0.117. The van der Waals surface area contributed by atoms with Crippen LogP contribution < -0.4 is 15.6 Å². The zero-order valence-corrected chi connectivity index (χ0v) is 22.7. The maximum atomic E-state index is 13.2. The lowest BCUT2D eigenvalue weighted by atomic mass is 10.1. The van der Waals surface area contributed by atoms with Crippen molar-refractivity contribution in [2.24, 2.45) is 0 Å². The zero-order chi connectivity index (χ0) is 27.7. The van der Waals surface area contributed by atoms with Crippen LogP contribution in [0.5, 0.6) is 0 Å². The molecule has 3 heterocycles. The highest BCUT2D eigenvalue weighted by Gasteiger charge is 2.28. The largest absolute Gasteiger partial charge is 0.451 e. The van der Waals surface area contributed by atoms with Gasteiger partial charge >= 0.3 is 0 Å². The van der Waals surface area contributed by atoms with Gasteiger partial charge in [-0.25, -0.2) is 0 Å². The van der Waals surface area contributed by atoms with Gasteiger partial charge in [0, 0.05) is 57.4 Å². The molecule has 2 aromatic carbocycles. The van der Waals surface area contributed by atoms with Gasteiger partial charge in [-0.15, -0.1) is 0 Å². The molecular weight excluding hydrogens is 496 g/mol. The molecular formula is C30H34N4O5. The number of rotatable bonds is 6. The number of likely N-dealkylation sites (tertiary alicyclic amines) is 1. The van der Waals surface area contributed by atoms with Crippen molar-refractivity contribution in [1.29, 1.82) is 0 Å². The van der Waals surface area contributed by atoms with Crippen LogP contribution in [0.2, 0.25) is 0 Å². The monoisotopic (exact) mass is 530 g/mol. The van der Waals surface area contributed by atoms with Gasteiger partial charge in [0.05, 0.1) is 5.39 Å². The first-order chi connectivity index (χ1) is 18.7. The van der Waals surface area contributed by atoms with E-state index in [4.69, 9.17) is 4.42 Å². The topological polar surface area (TPSA) is 103 Å². The quantitative estimate of drug-likeness (QED) is 0.526. The van der Waals surface area contributed by atoms with E-state index < -0.39 is 11.9 Å². The molecule has 5 rings (SSSR count). The maximum absolute atomic E-state index is 13.2. The third-order valence-corrected chi connectivity index (χ3v) is 7.74. The SMILES string of the molecule is Cc1cc2oc(C(=O)NC(C)C(=O)N3CCN(c4ccccc4CN4CCCC4=O)CC3)cc(=O)c2cc1C. The predicted octanol–water partition coefficient (Wildman–Crippen LogP) is 3.00. The average Bonchev–Trinajstić information content (AvgIpc) is 3.33. The summed E-state index contributed by atoms with van der Waals surface area (Å²) in [4.78, 5) is 56.6. The minimum atomic E-state index is -0.779. The Bertz CT molecular complexity index is 1490. The fourth-order valence-corrected chi connectivity index (χ4v) is 5.32. The van der Waals surface area contributed by atoms with E-state index in [2.05, 4.69) is 22.3 Å². The van der Waals surface area contributed by atoms with E-state index in [1.165, 1.54) is 6.07 Å². The van der Waals surface area contributed by atoms with Crippen molar-refractivity contribution < 1.29 is 18.8 Å². The average molecular weight is 531 g/mol. The highest BCUT2D eigenvalue weighted by atomic mass is 16.3. The van der Waals surface area contributed by atoms with E-state index in [1.807, 2.05) is 30.9 Å². The van der Waals surface area contributed by atoms with Crippen LogP contribution in [0.25, 0.3) is 11.0 Å². The molecule has 0 saturated carbocycles. The van der Waals surface area contributed by atoms with Gasteiger partial charge in [0.2, 0.25) is 11.8 Å². The number of carbonyl (C=O) groups is 3. The van der Waals surface area contributed by atoms with Crippen molar-refractivity contribution in [3.63, 3.8) is 0 Å². The lowest BCUT2D eigenvalue weighted by Gasteiger charge is -2.38. The molecule has 9 nitrogen and oxygen atoms in total. The van der Waals surface area contributed by atoms with Crippen LogP contribution in [0.4, 0.5) is 5.69 Å². The van der Waals surface area contributed by atoms with Crippen LogP contribution in [0, 0.1) is 13.8 Å². The van der Waals surface area contributed by atoms with Crippen LogP contribution in [0.1, 0.15) is 47.0 Å². The van der Waals surface area contributed by atoms with E-state index in [0.29, 0.717) is 50.1 Å². The number of amides is 3. The van der Waals surface area contributed by atoms with Gasteiger partial charge in [-0.3, -0.25) is 19.2 Å². The molecule has 204 valence electrons. The third-order valence-electron chi connectivity index (χ3n) is 7.74. The minimum Gasteiger partial charge on any atom is -0.451 e. The molecule has 0 bridgehead atoms. The van der Waals surface area contributed by atoms with Crippen molar-refractivity contribution >= 4 is 34.4 Å². The Hall–Kier alpha value is -4.14. The Balaban J connectivity index is 1.20. The standard InChI is InChI=1S/C30H34N4O5/c1-19-15-23-25(35)17-27(39-26(23)16-20(19)2)29(37)31-21(3)30(38)33-13-11-32(12-14-33)24-8-5-4-7-22(24)18-34-10-6-9-28(34)36/h4-5,7-8,15-17,21H,6,9-14,18H2,1-3H3,(H,31,37). The lowest BCUT2D eigenvalue weighted by molar-refractivity contribution is -0.133. The molecule has 9 heteroatoms. The molecule has 0 spiro atoms. The highest BCUT2D eigenvalue weighted by Crippen LogP contribution is 2.25. The van der Waals surface area contributed by atoms with E-state index in [0.717, 1.165) is 35.3 Å². The maximum Gasteiger partial charge on any atom is 0.287 e. The number of hydrogen-bond acceptors (Lipinski definition) is 6. The van der Waals surface area contributed by atoms with Crippen molar-refractivity contribution in [2.75, 3.05) is 37.6 Å². The summed E-state index contributed by atoms with van der Waals surface area (Å²) in [6.45, 7) is 9.18. The molecule has 3 amide bonds. The van der Waals surface area contributed by atoms with Gasteiger partial charge in [0.25, 0.3) is 5.91 Å². The summed E-state index contributed by atoms with van der Waals surface area (Å²) in [5.41, 5.74) is 4.17. The molecule has 1 unspecified atom stereocenters. The van der Waals surface area contributed by atoms with Gasteiger partial charge < -0.3 is 24.4 Å². The van der Waals surface area contributed by atoms with Crippen LogP contribution in [-0.2, 0) is 16.1 Å². The van der Waals surface area contributed by atoms with E-state index in [1.54, 1.807) is 24.0 Å². The number of fused-ring (bicyclic) bond motifs is 1. The van der Waals surface area contributed by atoms with E-state index in [9.17, 15) is 19.2 Å². The molecule has 2 fully saturated rings. The van der Waals surface area contributed by atoms with E-state index >= 15 is 0 Å². The lowest BCUT2D eigenvalue weighted by Crippen LogP contribution is -2.54. The summed E-state index contributed by atoms with van der Waals surface area (Å²) in [6, 6.07) is 12.0. The first-order valence-electron chi connectivity index (χ1n) is 13.5. The Morgan fingerprint density at radius 3 is 2.41 bits per heavy atom. The molecule has 1 aromatic heterocycles. The highest BCUT2D eigenvalue weighted by molar-refractivity contribution is 5.96. The first-order valence-corrected chi connectivity index (χ1v) is 13.5. The molecule has 1 atom stereocenters. The third kappa shape index (κ3) is 5.53. The molecule has 2 aliphatic heterocycles. The number of anilines is 1. The van der Waals surface area contributed by atoms with Crippen molar-refractivity contribution in [3.8, 4) is 0 Å². The first kappa shape index (κ1) is 26.5. The number of nitrogens with zero attached hydrogens (tertiary/aromatic N) is 3. The van der Waals surface area contributed by atoms with Crippen LogP contribution in [0.15, 0.2) is 51.7 Å². The smallest absolute Gasteiger partial charge is 0.287 e. The Kier molecular flexibility index (Phi) is 7.41. The Morgan fingerprint density at radius 2 is 1.69 bits per heavy atom. The summed E-state index contributed by atoms with van der Waals surface area (Å²) in [5.74, 6) is -0.705. The van der Waals surface area contributed by atoms with Crippen molar-refractivity contribution in [2.45, 2.75) is 46.2 Å². The van der Waals surface area contributed by atoms with E-state index in [-0.39, 0.29) is 23.0 Å². The van der Waals surface area contributed by atoms with Gasteiger partial charge in [0.15, 0.2) is 11.2 Å². The summed E-state index contributed by atoms with van der Waals surface area (Å²) in [5, 5.41) is 3.12. The fourth-order valence-electron chi connectivity index (χ4n) is 5.32. The molecule has 39 heavy (non-hydrogen) atoms. The second-order valence-electron chi connectivity index (χ2n) is 10.5. The van der Waals surface area contributed by atoms with Gasteiger partial charge in [-0.2, -0.15) is 0 Å². The summed E-state index contributed by atoms with van der Waals surface area (Å²) < 4.78 is 5.73. The molecule has 3 aromatic rings. The van der Waals surface area contributed by atoms with Crippen molar-refractivity contribution in [1.82, 2.24) is 15.1 Å². The summed E-state index contributed by atoms with van der Waals surface area (Å²) in [6.07, 6.45) is 1.52. The molecule has 2 aliphatic rings. The number of hydrogen-bond donors (Lipinski definition) is 1. The molecule has 1 N–H and O–H groups in total. The number of benzene rings is 2. The fraction of sp³-hybridized carbons (Fsp3) is 0.400. The number of nitrogens with one attached hydrogen (secondary N) is 1. The summed E-state index contributed by atoms with van der Waals surface area (Å²) >= 11 is 0. The molecule has 2 saturated heterocycles. The summed E-state index contributed by atoms with van der Waals surface area (Å²) in [7, 11) is 0. The predicted molar refractivity (Wildman–Crippen MR) is 149 cm³/mol. The number of carbonyl (C=O) groups excluding carboxylic acids is 3. The zero-order valence-electron chi connectivity index (χ0n) is 22.7. The van der Waals surface area contributed by atoms with Crippen LogP contribution in [0.3, 0.4) is 0 Å². The van der Waals surface area contributed by atoms with Gasteiger partial charge in [0.1, 0.15) is 11.6 Å². The van der Waals surface area contributed by atoms with Gasteiger partial charge in [-0.1, -0.05) is 18.2 Å². The van der Waals surface area contributed by atoms with Crippen LogP contribution >= 0.6 is 0 Å².